The molecule has 1 aromatic heterocycles. The van der Waals surface area contributed by atoms with Crippen molar-refractivity contribution in [2.24, 2.45) is 0 Å². The van der Waals surface area contributed by atoms with E-state index in [1.807, 2.05) is 24.5 Å². The number of nitrogens with one attached hydrogen (secondary N) is 1. The molecular formula is C19H18N4O3S3. The first-order valence-corrected chi connectivity index (χ1v) is 12.1. The zero-order valence-corrected chi connectivity index (χ0v) is 17.9. The molecule has 150 valence electrons. The van der Waals surface area contributed by atoms with Crippen molar-refractivity contribution in [2.75, 3.05) is 23.1 Å². The Bertz CT molecular complexity index is 1120. The van der Waals surface area contributed by atoms with Gasteiger partial charge in [-0.05, 0) is 36.6 Å². The minimum atomic E-state index is -3.81. The van der Waals surface area contributed by atoms with Crippen LogP contribution in [0.2, 0.25) is 0 Å². The molecule has 0 radical (unpaired) electrons. The van der Waals surface area contributed by atoms with E-state index in [-0.39, 0.29) is 32.4 Å². The average molecular weight is 447 g/mol. The molecule has 0 spiro atoms. The number of hydrogen-bond donors (Lipinski definition) is 2. The molecule has 0 fully saturated rings. The van der Waals surface area contributed by atoms with Gasteiger partial charge in [0.2, 0.25) is 15.7 Å². The van der Waals surface area contributed by atoms with E-state index >= 15 is 0 Å². The van der Waals surface area contributed by atoms with E-state index in [1.165, 1.54) is 18.3 Å². The number of thioether (sulfide) groups is 2. The number of hydrogen-bond acceptors (Lipinski definition) is 8. The van der Waals surface area contributed by atoms with Crippen LogP contribution in [-0.2, 0) is 14.6 Å². The molecule has 0 aliphatic heterocycles. The van der Waals surface area contributed by atoms with E-state index in [1.54, 1.807) is 36.0 Å². The summed E-state index contributed by atoms with van der Waals surface area (Å²) in [6.45, 7) is 0. The van der Waals surface area contributed by atoms with Crippen molar-refractivity contribution in [1.82, 2.24) is 9.97 Å². The highest BCUT2D eigenvalue weighted by molar-refractivity contribution is 7.99. The quantitative estimate of drug-likeness (QED) is 0.419. The number of nitrogens with zero attached hydrogens (tertiary/aromatic N) is 2. The molecule has 10 heteroatoms. The summed E-state index contributed by atoms with van der Waals surface area (Å²) < 4.78 is 25.3. The van der Waals surface area contributed by atoms with Crippen LogP contribution in [0.3, 0.4) is 0 Å². The topological polar surface area (TPSA) is 115 Å². The SMILES string of the molecule is CSc1cccc(NC(=O)CSc2ncc(S(=O)(=O)c3ccccc3)c(N)n2)c1. The Kier molecular flexibility index (Phi) is 6.78. The molecule has 0 bridgehead atoms. The van der Waals surface area contributed by atoms with Crippen LogP contribution in [0.1, 0.15) is 0 Å². The van der Waals surface area contributed by atoms with E-state index in [0.717, 1.165) is 16.7 Å². The van der Waals surface area contributed by atoms with Crippen LogP contribution in [0.15, 0.2) is 80.6 Å². The van der Waals surface area contributed by atoms with Crippen LogP contribution in [0.25, 0.3) is 0 Å². The van der Waals surface area contributed by atoms with Crippen molar-refractivity contribution in [2.45, 2.75) is 19.8 Å². The molecule has 0 aliphatic carbocycles. The molecule has 2 aromatic carbocycles. The maximum atomic E-state index is 12.7. The summed E-state index contributed by atoms with van der Waals surface area (Å²) in [5, 5.41) is 3.03. The average Bonchev–Trinajstić information content (AvgIpc) is 2.73. The van der Waals surface area contributed by atoms with Crippen LogP contribution < -0.4 is 11.1 Å². The van der Waals surface area contributed by atoms with Gasteiger partial charge >= 0.3 is 0 Å². The van der Waals surface area contributed by atoms with Gasteiger partial charge in [0.25, 0.3) is 0 Å². The molecule has 3 N–H and O–H groups in total. The summed E-state index contributed by atoms with van der Waals surface area (Å²) in [5.74, 6) is -0.316. The fraction of sp³-hybridized carbons (Fsp3) is 0.105. The van der Waals surface area contributed by atoms with Gasteiger partial charge in [0, 0.05) is 10.6 Å². The smallest absolute Gasteiger partial charge is 0.234 e. The number of amides is 1. The minimum absolute atomic E-state index is 0.0632. The van der Waals surface area contributed by atoms with Crippen molar-refractivity contribution in [1.29, 1.82) is 0 Å². The molecule has 0 aliphatic rings. The number of aromatic nitrogens is 2. The number of carbonyl (C=O) groups excluding carboxylic acids is 1. The summed E-state index contributed by atoms with van der Waals surface area (Å²) in [6.07, 6.45) is 3.13. The van der Waals surface area contributed by atoms with Crippen LogP contribution in [0, 0.1) is 0 Å². The lowest BCUT2D eigenvalue weighted by molar-refractivity contribution is -0.113. The largest absolute Gasteiger partial charge is 0.382 e. The van der Waals surface area contributed by atoms with Crippen LogP contribution in [-0.4, -0.2) is 36.3 Å². The molecule has 29 heavy (non-hydrogen) atoms. The van der Waals surface area contributed by atoms with E-state index in [4.69, 9.17) is 5.73 Å². The Morgan fingerprint density at radius 3 is 2.59 bits per heavy atom. The second kappa shape index (κ2) is 9.29. The molecule has 0 saturated carbocycles. The highest BCUT2D eigenvalue weighted by Gasteiger charge is 2.22. The monoisotopic (exact) mass is 446 g/mol. The molecule has 7 nitrogen and oxygen atoms in total. The molecule has 1 amide bonds. The summed E-state index contributed by atoms with van der Waals surface area (Å²) in [4.78, 5) is 21.2. The predicted octanol–water partition coefficient (Wildman–Crippen LogP) is 3.34. The van der Waals surface area contributed by atoms with E-state index in [0.29, 0.717) is 5.69 Å². The van der Waals surface area contributed by atoms with E-state index in [9.17, 15) is 13.2 Å². The molecular weight excluding hydrogens is 428 g/mol. The number of sulfone groups is 1. The number of nitrogen functional groups attached to an aromatic ring is 1. The van der Waals surface area contributed by atoms with Crippen molar-refractivity contribution in [3.05, 3.63) is 60.8 Å². The zero-order valence-electron chi connectivity index (χ0n) is 15.4. The third kappa shape index (κ3) is 5.28. The molecule has 3 aromatic rings. The van der Waals surface area contributed by atoms with Gasteiger partial charge in [-0.25, -0.2) is 18.4 Å². The van der Waals surface area contributed by atoms with Crippen LogP contribution in [0.5, 0.6) is 0 Å². The summed E-state index contributed by atoms with van der Waals surface area (Å²) in [7, 11) is -3.81. The van der Waals surface area contributed by atoms with Gasteiger partial charge in [-0.1, -0.05) is 36.0 Å². The Labute approximate surface area is 177 Å². The van der Waals surface area contributed by atoms with Crippen molar-refractivity contribution in [3.8, 4) is 0 Å². The minimum Gasteiger partial charge on any atom is -0.382 e. The maximum absolute atomic E-state index is 12.7. The Morgan fingerprint density at radius 1 is 1.14 bits per heavy atom. The molecule has 0 unspecified atom stereocenters. The molecule has 1 heterocycles. The lowest BCUT2D eigenvalue weighted by Crippen LogP contribution is -2.14. The molecule has 0 saturated heterocycles. The summed E-state index contributed by atoms with van der Waals surface area (Å²) in [6, 6.07) is 15.4. The molecule has 0 atom stereocenters. The van der Waals surface area contributed by atoms with Gasteiger partial charge in [-0.3, -0.25) is 4.79 Å². The standard InChI is InChI=1S/C19H18N4O3S3/c1-27-14-7-5-6-13(10-14)22-17(24)12-28-19-21-11-16(18(20)23-19)29(25,26)15-8-3-2-4-9-15/h2-11H,12H2,1H3,(H,22,24)(H2,20,21,23). The van der Waals surface area contributed by atoms with Gasteiger partial charge < -0.3 is 11.1 Å². The third-order valence-corrected chi connectivity index (χ3v) is 7.16. The normalized spacial score (nSPS) is 11.2. The van der Waals surface area contributed by atoms with Crippen molar-refractivity contribution >= 4 is 50.8 Å². The number of nitrogens with two attached hydrogens (primary N) is 1. The lowest BCUT2D eigenvalue weighted by atomic mass is 10.3. The van der Waals surface area contributed by atoms with Crippen molar-refractivity contribution in [3.63, 3.8) is 0 Å². The first-order chi connectivity index (χ1) is 13.9. The first kappa shape index (κ1) is 21.2. The van der Waals surface area contributed by atoms with Crippen LogP contribution in [0.4, 0.5) is 11.5 Å². The van der Waals surface area contributed by atoms with Gasteiger partial charge in [0.1, 0.15) is 10.7 Å². The van der Waals surface area contributed by atoms with Gasteiger partial charge in [-0.2, -0.15) is 0 Å². The van der Waals surface area contributed by atoms with Crippen LogP contribution >= 0.6 is 23.5 Å². The van der Waals surface area contributed by atoms with Crippen molar-refractivity contribution < 1.29 is 13.2 Å². The fourth-order valence-corrected chi connectivity index (χ4v) is 4.76. The Morgan fingerprint density at radius 2 is 1.90 bits per heavy atom. The Hall–Kier alpha value is -2.56. The first-order valence-electron chi connectivity index (χ1n) is 8.39. The van der Waals surface area contributed by atoms with E-state index < -0.39 is 9.84 Å². The number of benzene rings is 2. The van der Waals surface area contributed by atoms with Gasteiger partial charge in [0.15, 0.2) is 5.16 Å². The fourth-order valence-electron chi connectivity index (χ4n) is 2.40. The summed E-state index contributed by atoms with van der Waals surface area (Å²) >= 11 is 2.66. The maximum Gasteiger partial charge on any atom is 0.234 e. The Balaban J connectivity index is 1.67. The molecule has 3 rings (SSSR count). The third-order valence-electron chi connectivity index (χ3n) is 3.79. The summed E-state index contributed by atoms with van der Waals surface area (Å²) in [5.41, 5.74) is 6.56. The lowest BCUT2D eigenvalue weighted by Gasteiger charge is -2.08. The highest BCUT2D eigenvalue weighted by Crippen LogP contribution is 2.26. The number of rotatable bonds is 7. The predicted molar refractivity (Wildman–Crippen MR) is 116 cm³/mol. The zero-order chi connectivity index (χ0) is 20.9. The number of carbonyl (C=O) groups is 1. The van der Waals surface area contributed by atoms with Gasteiger partial charge in [-0.15, -0.1) is 11.8 Å². The number of anilines is 2. The van der Waals surface area contributed by atoms with Gasteiger partial charge in [0.05, 0.1) is 16.8 Å². The second-order valence-corrected chi connectivity index (χ2v) is 9.53. The van der Waals surface area contributed by atoms with E-state index in [2.05, 4.69) is 15.3 Å². The highest BCUT2D eigenvalue weighted by atomic mass is 32.2. The second-order valence-electron chi connectivity index (χ2n) is 5.79.